The number of carbonyl (C=O) groups excluding carboxylic acids is 1. The molecule has 0 aliphatic rings. The minimum Gasteiger partial charge on any atom is -0.497 e. The molecule has 0 aliphatic carbocycles. The maximum Gasteiger partial charge on any atom is 0.226 e. The van der Waals surface area contributed by atoms with E-state index < -0.39 is 0 Å². The number of amides is 1. The lowest BCUT2D eigenvalue weighted by atomic mass is 10.2. The minimum absolute atomic E-state index is 0.104. The Hall–Kier alpha value is -3.23. The summed E-state index contributed by atoms with van der Waals surface area (Å²) in [5, 5.41) is 9.95. The maximum atomic E-state index is 12.3. The van der Waals surface area contributed by atoms with Crippen molar-refractivity contribution in [3.63, 3.8) is 0 Å². The second kappa shape index (κ2) is 9.72. The van der Waals surface area contributed by atoms with Gasteiger partial charge in [0.15, 0.2) is 5.13 Å². The van der Waals surface area contributed by atoms with E-state index in [-0.39, 0.29) is 5.91 Å². The first-order chi connectivity index (χ1) is 15.1. The molecule has 0 aliphatic heterocycles. The molecule has 0 unspecified atom stereocenters. The van der Waals surface area contributed by atoms with Gasteiger partial charge in [0.2, 0.25) is 17.6 Å². The molecule has 7 nitrogen and oxygen atoms in total. The van der Waals surface area contributed by atoms with E-state index in [1.807, 2.05) is 41.8 Å². The minimum atomic E-state index is -0.104. The number of anilines is 1. The first-order valence-corrected chi connectivity index (χ1v) is 10.8. The largest absolute Gasteiger partial charge is 0.497 e. The van der Waals surface area contributed by atoms with Crippen LogP contribution in [0.3, 0.4) is 0 Å². The van der Waals surface area contributed by atoms with E-state index in [1.165, 1.54) is 11.3 Å². The molecule has 2 heterocycles. The zero-order chi connectivity index (χ0) is 21.6. The van der Waals surface area contributed by atoms with E-state index in [9.17, 15) is 4.79 Å². The summed E-state index contributed by atoms with van der Waals surface area (Å²) in [4.78, 5) is 21.1. The first-order valence-electron chi connectivity index (χ1n) is 9.59. The summed E-state index contributed by atoms with van der Waals surface area (Å²) in [5.41, 5.74) is 2.60. The van der Waals surface area contributed by atoms with Crippen LogP contribution in [0.5, 0.6) is 5.75 Å². The van der Waals surface area contributed by atoms with Crippen LogP contribution in [-0.4, -0.2) is 28.1 Å². The molecule has 158 valence electrons. The van der Waals surface area contributed by atoms with Gasteiger partial charge in [0.25, 0.3) is 0 Å². The van der Waals surface area contributed by atoms with Gasteiger partial charge in [-0.05, 0) is 55.0 Å². The van der Waals surface area contributed by atoms with Crippen molar-refractivity contribution < 1.29 is 14.1 Å². The molecule has 4 aromatic rings. The molecule has 0 saturated heterocycles. The summed E-state index contributed by atoms with van der Waals surface area (Å²) in [6.45, 7) is 0. The van der Waals surface area contributed by atoms with Crippen LogP contribution in [-0.2, 0) is 11.2 Å². The Bertz CT molecular complexity index is 1160. The normalized spacial score (nSPS) is 10.8. The zero-order valence-corrected chi connectivity index (χ0v) is 18.2. The molecule has 1 amide bonds. The number of halogens is 1. The maximum absolute atomic E-state index is 12.3. The number of methoxy groups -OCH3 is 1. The number of aryl methyl sites for hydroxylation is 1. The summed E-state index contributed by atoms with van der Waals surface area (Å²) in [6, 6.07) is 14.8. The third-order valence-electron chi connectivity index (χ3n) is 4.50. The molecule has 31 heavy (non-hydrogen) atoms. The van der Waals surface area contributed by atoms with Crippen molar-refractivity contribution in [2.45, 2.75) is 19.3 Å². The van der Waals surface area contributed by atoms with Crippen LogP contribution in [0.25, 0.3) is 22.6 Å². The Balaban J connectivity index is 1.26. The van der Waals surface area contributed by atoms with Crippen LogP contribution < -0.4 is 10.1 Å². The fourth-order valence-electron chi connectivity index (χ4n) is 2.88. The summed E-state index contributed by atoms with van der Waals surface area (Å²) in [5.74, 6) is 1.68. The van der Waals surface area contributed by atoms with Gasteiger partial charge in [-0.1, -0.05) is 16.8 Å². The smallest absolute Gasteiger partial charge is 0.226 e. The number of benzene rings is 2. The van der Waals surface area contributed by atoms with Crippen LogP contribution in [0.4, 0.5) is 5.13 Å². The lowest BCUT2D eigenvalue weighted by molar-refractivity contribution is -0.116. The van der Waals surface area contributed by atoms with E-state index in [2.05, 4.69) is 20.4 Å². The summed E-state index contributed by atoms with van der Waals surface area (Å²) < 4.78 is 10.4. The molecule has 0 atom stereocenters. The molecular weight excluding hydrogens is 436 g/mol. The van der Waals surface area contributed by atoms with Crippen molar-refractivity contribution in [1.29, 1.82) is 0 Å². The average molecular weight is 455 g/mol. The van der Waals surface area contributed by atoms with Gasteiger partial charge in [-0.25, -0.2) is 4.98 Å². The summed E-state index contributed by atoms with van der Waals surface area (Å²) in [7, 11) is 1.63. The highest BCUT2D eigenvalue weighted by molar-refractivity contribution is 7.14. The van der Waals surface area contributed by atoms with Crippen LogP contribution in [0.2, 0.25) is 5.02 Å². The molecule has 0 radical (unpaired) electrons. The van der Waals surface area contributed by atoms with Gasteiger partial charge in [-0.3, -0.25) is 4.79 Å². The lowest BCUT2D eigenvalue weighted by Crippen LogP contribution is -2.11. The highest BCUT2D eigenvalue weighted by Crippen LogP contribution is 2.26. The number of thiazole rings is 1. The quantitative estimate of drug-likeness (QED) is 0.379. The van der Waals surface area contributed by atoms with E-state index in [0.717, 1.165) is 22.6 Å². The molecule has 9 heteroatoms. The fourth-order valence-corrected chi connectivity index (χ4v) is 3.74. The van der Waals surface area contributed by atoms with Crippen molar-refractivity contribution in [2.24, 2.45) is 0 Å². The molecule has 0 spiro atoms. The number of aromatic nitrogens is 3. The summed E-state index contributed by atoms with van der Waals surface area (Å²) >= 11 is 7.28. The van der Waals surface area contributed by atoms with Crippen LogP contribution in [0, 0.1) is 0 Å². The number of ether oxygens (including phenoxy) is 1. The van der Waals surface area contributed by atoms with Gasteiger partial charge in [0, 0.05) is 34.4 Å². The number of nitrogens with one attached hydrogen (secondary N) is 1. The Morgan fingerprint density at radius 2 is 1.84 bits per heavy atom. The topological polar surface area (TPSA) is 90.1 Å². The van der Waals surface area contributed by atoms with Crippen molar-refractivity contribution in [1.82, 2.24) is 15.1 Å². The number of hydrogen-bond acceptors (Lipinski definition) is 7. The molecule has 2 aromatic heterocycles. The Kier molecular flexibility index (Phi) is 6.59. The van der Waals surface area contributed by atoms with Gasteiger partial charge in [0.1, 0.15) is 5.75 Å². The molecule has 0 bridgehead atoms. The van der Waals surface area contributed by atoms with Crippen molar-refractivity contribution in [3.8, 4) is 28.4 Å². The first kappa shape index (κ1) is 21.0. The van der Waals surface area contributed by atoms with Crippen molar-refractivity contribution in [3.05, 3.63) is 64.8 Å². The number of hydrogen-bond donors (Lipinski definition) is 1. The van der Waals surface area contributed by atoms with E-state index >= 15 is 0 Å². The fraction of sp³-hybridized carbons (Fsp3) is 0.182. The van der Waals surface area contributed by atoms with Crippen molar-refractivity contribution in [2.75, 3.05) is 12.4 Å². The van der Waals surface area contributed by atoms with Crippen molar-refractivity contribution >= 4 is 34.0 Å². The van der Waals surface area contributed by atoms with Gasteiger partial charge >= 0.3 is 0 Å². The lowest BCUT2D eigenvalue weighted by Gasteiger charge is -2.01. The van der Waals surface area contributed by atoms with Crippen LogP contribution in [0.1, 0.15) is 18.7 Å². The molecular formula is C22H19ClN4O3S. The van der Waals surface area contributed by atoms with E-state index in [0.29, 0.717) is 41.1 Å². The molecule has 2 aromatic carbocycles. The van der Waals surface area contributed by atoms with E-state index in [4.69, 9.17) is 20.9 Å². The monoisotopic (exact) mass is 454 g/mol. The highest BCUT2D eigenvalue weighted by atomic mass is 35.5. The standard InChI is InChI=1S/C22H19ClN4O3S/c1-29-17-11-7-14(8-12-17)18-13-31-22(24-18)25-19(28)3-2-4-20-26-21(27-30-20)15-5-9-16(23)10-6-15/h5-13H,2-4H2,1H3,(H,24,25,28). The molecule has 0 saturated carbocycles. The Morgan fingerprint density at radius 3 is 2.58 bits per heavy atom. The van der Waals surface area contributed by atoms with Crippen LogP contribution >= 0.6 is 22.9 Å². The Morgan fingerprint density at radius 1 is 1.10 bits per heavy atom. The van der Waals surface area contributed by atoms with Gasteiger partial charge in [-0.2, -0.15) is 4.98 Å². The third kappa shape index (κ3) is 5.48. The molecule has 4 rings (SSSR count). The number of carbonyl (C=O) groups is 1. The molecule has 1 N–H and O–H groups in total. The highest BCUT2D eigenvalue weighted by Gasteiger charge is 2.11. The Labute approximate surface area is 188 Å². The second-order valence-electron chi connectivity index (χ2n) is 6.69. The SMILES string of the molecule is COc1ccc(-c2csc(NC(=O)CCCc3nc(-c4ccc(Cl)cc4)no3)n2)cc1. The van der Waals surface area contributed by atoms with Crippen LogP contribution in [0.15, 0.2) is 58.4 Å². The third-order valence-corrected chi connectivity index (χ3v) is 5.51. The van der Waals surface area contributed by atoms with Gasteiger partial charge in [0.05, 0.1) is 12.8 Å². The predicted molar refractivity (Wildman–Crippen MR) is 120 cm³/mol. The molecule has 0 fully saturated rings. The van der Waals surface area contributed by atoms with E-state index in [1.54, 1.807) is 19.2 Å². The van der Waals surface area contributed by atoms with Gasteiger partial charge in [-0.15, -0.1) is 11.3 Å². The van der Waals surface area contributed by atoms with Gasteiger partial charge < -0.3 is 14.6 Å². The zero-order valence-electron chi connectivity index (χ0n) is 16.7. The average Bonchev–Trinajstić information content (AvgIpc) is 3.44. The predicted octanol–water partition coefficient (Wildman–Crippen LogP) is 5.48. The second-order valence-corrected chi connectivity index (χ2v) is 7.98. The summed E-state index contributed by atoms with van der Waals surface area (Å²) in [6.07, 6.45) is 1.43. The number of nitrogens with zero attached hydrogens (tertiary/aromatic N) is 3. The number of rotatable bonds is 8.